The van der Waals surface area contributed by atoms with Gasteiger partial charge >= 0.3 is 5.97 Å². The van der Waals surface area contributed by atoms with Gasteiger partial charge in [-0.15, -0.1) is 0 Å². The Morgan fingerprint density at radius 1 is 1.39 bits per heavy atom. The number of carboxylic acid groups (broad SMARTS) is 1. The number of carboxylic acids is 1. The third kappa shape index (κ3) is 4.64. The molecule has 1 saturated heterocycles. The molecular formula is C13H23NO4. The van der Waals surface area contributed by atoms with Crippen molar-refractivity contribution in [3.63, 3.8) is 0 Å². The number of aliphatic carboxylic acids is 1. The standard InChI is InChI=1S/C13H23NO4/c1-3-10(2)8-11(15)14-13(9-12(16)17)4-6-18-7-5-13/h10H,3-9H2,1-2H3,(H,14,15)(H,16,17). The molecule has 0 aromatic carbocycles. The second-order valence-corrected chi connectivity index (χ2v) is 5.23. The van der Waals surface area contributed by atoms with Crippen molar-refractivity contribution in [2.24, 2.45) is 5.92 Å². The zero-order valence-electron chi connectivity index (χ0n) is 11.2. The molecule has 18 heavy (non-hydrogen) atoms. The molecule has 1 aliphatic rings. The molecule has 104 valence electrons. The molecule has 1 unspecified atom stereocenters. The number of hydrogen-bond acceptors (Lipinski definition) is 3. The van der Waals surface area contributed by atoms with Crippen LogP contribution in [0.25, 0.3) is 0 Å². The van der Waals surface area contributed by atoms with E-state index in [4.69, 9.17) is 9.84 Å². The molecule has 1 rings (SSSR count). The van der Waals surface area contributed by atoms with E-state index in [1.807, 2.05) is 13.8 Å². The second kappa shape index (κ2) is 6.73. The van der Waals surface area contributed by atoms with Crippen molar-refractivity contribution in [3.05, 3.63) is 0 Å². The van der Waals surface area contributed by atoms with Gasteiger partial charge in [-0.25, -0.2) is 0 Å². The molecule has 1 amide bonds. The molecule has 0 aromatic heterocycles. The molecule has 1 atom stereocenters. The van der Waals surface area contributed by atoms with Crippen molar-refractivity contribution < 1.29 is 19.4 Å². The summed E-state index contributed by atoms with van der Waals surface area (Å²) < 4.78 is 5.25. The summed E-state index contributed by atoms with van der Waals surface area (Å²) in [6.45, 7) is 5.08. The molecule has 1 heterocycles. The molecule has 1 fully saturated rings. The third-order valence-corrected chi connectivity index (χ3v) is 3.57. The van der Waals surface area contributed by atoms with Crippen molar-refractivity contribution in [3.8, 4) is 0 Å². The highest BCUT2D eigenvalue weighted by molar-refractivity contribution is 5.78. The lowest BCUT2D eigenvalue weighted by molar-refractivity contribution is -0.140. The van der Waals surface area contributed by atoms with E-state index >= 15 is 0 Å². The van der Waals surface area contributed by atoms with E-state index in [2.05, 4.69) is 5.32 Å². The van der Waals surface area contributed by atoms with Gasteiger partial charge in [0.15, 0.2) is 0 Å². The van der Waals surface area contributed by atoms with Crippen LogP contribution in [0.5, 0.6) is 0 Å². The van der Waals surface area contributed by atoms with Crippen molar-refractivity contribution in [2.75, 3.05) is 13.2 Å². The maximum absolute atomic E-state index is 11.9. The normalized spacial score (nSPS) is 20.1. The van der Waals surface area contributed by atoms with Crippen LogP contribution in [0, 0.1) is 5.92 Å². The monoisotopic (exact) mass is 257 g/mol. The van der Waals surface area contributed by atoms with Gasteiger partial charge in [0.25, 0.3) is 0 Å². The summed E-state index contributed by atoms with van der Waals surface area (Å²) in [5, 5.41) is 11.9. The molecule has 0 saturated carbocycles. The SMILES string of the molecule is CCC(C)CC(=O)NC1(CC(=O)O)CCOCC1. The largest absolute Gasteiger partial charge is 0.481 e. The fourth-order valence-electron chi connectivity index (χ4n) is 2.21. The van der Waals surface area contributed by atoms with Crippen molar-refractivity contribution in [1.82, 2.24) is 5.32 Å². The number of carbonyl (C=O) groups is 2. The molecular weight excluding hydrogens is 234 g/mol. The summed E-state index contributed by atoms with van der Waals surface area (Å²) >= 11 is 0. The molecule has 5 heteroatoms. The van der Waals surface area contributed by atoms with E-state index in [9.17, 15) is 9.59 Å². The number of carbonyl (C=O) groups excluding carboxylic acids is 1. The van der Waals surface area contributed by atoms with Crippen LogP contribution in [-0.4, -0.2) is 35.7 Å². The van der Waals surface area contributed by atoms with Gasteiger partial charge in [-0.3, -0.25) is 9.59 Å². The minimum Gasteiger partial charge on any atom is -0.481 e. The third-order valence-electron chi connectivity index (χ3n) is 3.57. The van der Waals surface area contributed by atoms with Gasteiger partial charge in [0, 0.05) is 19.6 Å². The Kier molecular flexibility index (Phi) is 5.59. The Balaban J connectivity index is 2.60. The minimum absolute atomic E-state index is 0.0252. The lowest BCUT2D eigenvalue weighted by atomic mass is 9.86. The van der Waals surface area contributed by atoms with Gasteiger partial charge in [0.1, 0.15) is 0 Å². The zero-order chi connectivity index (χ0) is 13.6. The summed E-state index contributed by atoms with van der Waals surface area (Å²) in [7, 11) is 0. The van der Waals surface area contributed by atoms with Gasteiger partial charge in [-0.2, -0.15) is 0 Å². The summed E-state index contributed by atoms with van der Waals surface area (Å²) in [5.74, 6) is -0.597. The number of nitrogens with one attached hydrogen (secondary N) is 1. The summed E-state index contributed by atoms with van der Waals surface area (Å²) in [6.07, 6.45) is 2.53. The first-order chi connectivity index (χ1) is 8.47. The first-order valence-corrected chi connectivity index (χ1v) is 6.58. The topological polar surface area (TPSA) is 75.6 Å². The average molecular weight is 257 g/mol. The number of hydrogen-bond donors (Lipinski definition) is 2. The number of ether oxygens (including phenoxy) is 1. The van der Waals surface area contributed by atoms with Crippen LogP contribution >= 0.6 is 0 Å². The molecule has 0 spiro atoms. The zero-order valence-corrected chi connectivity index (χ0v) is 11.2. The van der Waals surface area contributed by atoms with Gasteiger partial charge in [0.2, 0.25) is 5.91 Å². The Morgan fingerprint density at radius 2 is 2.00 bits per heavy atom. The molecule has 0 radical (unpaired) electrons. The first kappa shape index (κ1) is 15.0. The minimum atomic E-state index is -0.874. The van der Waals surface area contributed by atoms with Crippen LogP contribution in [0.1, 0.15) is 46.0 Å². The smallest absolute Gasteiger partial charge is 0.305 e. The first-order valence-electron chi connectivity index (χ1n) is 6.58. The number of rotatable bonds is 6. The molecule has 1 aliphatic heterocycles. The lowest BCUT2D eigenvalue weighted by Gasteiger charge is -2.37. The molecule has 0 bridgehead atoms. The average Bonchev–Trinajstić information content (AvgIpc) is 2.28. The van der Waals surface area contributed by atoms with Crippen LogP contribution < -0.4 is 5.32 Å². The summed E-state index contributed by atoms with van der Waals surface area (Å²) in [5.41, 5.74) is -0.616. The highest BCUT2D eigenvalue weighted by atomic mass is 16.5. The second-order valence-electron chi connectivity index (χ2n) is 5.23. The molecule has 5 nitrogen and oxygen atoms in total. The van der Waals surface area contributed by atoms with Crippen molar-refractivity contribution in [1.29, 1.82) is 0 Å². The highest BCUT2D eigenvalue weighted by Crippen LogP contribution is 2.25. The fourth-order valence-corrected chi connectivity index (χ4v) is 2.21. The Morgan fingerprint density at radius 3 is 2.50 bits per heavy atom. The van der Waals surface area contributed by atoms with Crippen LogP contribution in [0.15, 0.2) is 0 Å². The van der Waals surface area contributed by atoms with E-state index in [1.165, 1.54) is 0 Å². The summed E-state index contributed by atoms with van der Waals surface area (Å²) in [6, 6.07) is 0. The quantitative estimate of drug-likeness (QED) is 0.757. The molecule has 2 N–H and O–H groups in total. The van der Waals surface area contributed by atoms with Gasteiger partial charge in [0.05, 0.1) is 12.0 Å². The van der Waals surface area contributed by atoms with E-state index < -0.39 is 11.5 Å². The van der Waals surface area contributed by atoms with E-state index in [-0.39, 0.29) is 12.3 Å². The van der Waals surface area contributed by atoms with Crippen LogP contribution in [-0.2, 0) is 14.3 Å². The number of amides is 1. The maximum Gasteiger partial charge on any atom is 0.305 e. The Labute approximate surface area is 108 Å². The van der Waals surface area contributed by atoms with Gasteiger partial charge in [-0.05, 0) is 18.8 Å². The Hall–Kier alpha value is -1.10. The van der Waals surface area contributed by atoms with E-state index in [1.54, 1.807) is 0 Å². The van der Waals surface area contributed by atoms with Crippen LogP contribution in [0.3, 0.4) is 0 Å². The van der Waals surface area contributed by atoms with Gasteiger partial charge in [-0.1, -0.05) is 20.3 Å². The molecule has 0 aliphatic carbocycles. The fraction of sp³-hybridized carbons (Fsp3) is 0.846. The van der Waals surface area contributed by atoms with Crippen molar-refractivity contribution >= 4 is 11.9 Å². The summed E-state index contributed by atoms with van der Waals surface area (Å²) in [4.78, 5) is 22.9. The van der Waals surface area contributed by atoms with E-state index in [0.29, 0.717) is 38.4 Å². The maximum atomic E-state index is 11.9. The van der Waals surface area contributed by atoms with Crippen molar-refractivity contribution in [2.45, 2.75) is 51.5 Å². The van der Waals surface area contributed by atoms with Gasteiger partial charge < -0.3 is 15.2 Å². The highest BCUT2D eigenvalue weighted by Gasteiger charge is 2.36. The van der Waals surface area contributed by atoms with Crippen LogP contribution in [0.2, 0.25) is 0 Å². The predicted molar refractivity (Wildman–Crippen MR) is 67.3 cm³/mol. The van der Waals surface area contributed by atoms with Crippen LogP contribution in [0.4, 0.5) is 0 Å². The Bertz CT molecular complexity index is 297. The van der Waals surface area contributed by atoms with E-state index in [0.717, 1.165) is 6.42 Å². The molecule has 0 aromatic rings. The predicted octanol–water partition coefficient (Wildman–Crippen LogP) is 1.56. The lowest BCUT2D eigenvalue weighted by Crippen LogP contribution is -2.53.